The first-order valence-electron chi connectivity index (χ1n) is 9.72. The fraction of sp³-hybridized carbons (Fsp3) is 0.250. The number of rotatable bonds is 4. The fourth-order valence-corrected chi connectivity index (χ4v) is 3.70. The van der Waals surface area contributed by atoms with Crippen molar-refractivity contribution in [3.8, 4) is 5.69 Å². The molecule has 0 atom stereocenters. The van der Waals surface area contributed by atoms with Crippen molar-refractivity contribution in [1.29, 1.82) is 0 Å². The second-order valence-corrected chi connectivity index (χ2v) is 7.66. The largest absolute Gasteiger partial charge is 0.451 e. The summed E-state index contributed by atoms with van der Waals surface area (Å²) < 4.78 is 7.74. The minimum atomic E-state index is -0.138. The van der Waals surface area contributed by atoms with Crippen LogP contribution in [-0.4, -0.2) is 27.6 Å². The van der Waals surface area contributed by atoms with E-state index in [1.807, 2.05) is 61.9 Å². The van der Waals surface area contributed by atoms with Gasteiger partial charge in [0, 0.05) is 30.2 Å². The van der Waals surface area contributed by atoms with E-state index in [1.165, 1.54) is 0 Å². The Kier molecular flexibility index (Phi) is 4.74. The van der Waals surface area contributed by atoms with E-state index in [1.54, 1.807) is 11.9 Å². The maximum atomic E-state index is 13.0. The molecule has 5 heteroatoms. The molecule has 0 radical (unpaired) electrons. The van der Waals surface area contributed by atoms with E-state index in [2.05, 4.69) is 19.1 Å². The van der Waals surface area contributed by atoms with Crippen LogP contribution in [-0.2, 0) is 6.54 Å². The molecule has 0 saturated carbocycles. The van der Waals surface area contributed by atoms with Crippen LogP contribution in [0.4, 0.5) is 0 Å². The zero-order valence-corrected chi connectivity index (χ0v) is 17.5. The first-order valence-corrected chi connectivity index (χ1v) is 9.72. The van der Waals surface area contributed by atoms with Crippen molar-refractivity contribution in [1.82, 2.24) is 14.7 Å². The second-order valence-electron chi connectivity index (χ2n) is 7.66. The van der Waals surface area contributed by atoms with Crippen molar-refractivity contribution in [2.45, 2.75) is 34.2 Å². The quantitative estimate of drug-likeness (QED) is 0.488. The van der Waals surface area contributed by atoms with Crippen LogP contribution in [0.25, 0.3) is 16.7 Å². The highest BCUT2D eigenvalue weighted by molar-refractivity contribution is 5.96. The lowest BCUT2D eigenvalue weighted by molar-refractivity contribution is 0.0755. The highest BCUT2D eigenvalue weighted by atomic mass is 16.3. The molecule has 1 amide bonds. The summed E-state index contributed by atoms with van der Waals surface area (Å²) in [4.78, 5) is 14.6. The van der Waals surface area contributed by atoms with Crippen molar-refractivity contribution in [2.75, 3.05) is 7.05 Å². The van der Waals surface area contributed by atoms with Crippen molar-refractivity contribution < 1.29 is 9.21 Å². The molecule has 0 N–H and O–H groups in total. The minimum absolute atomic E-state index is 0.138. The predicted octanol–water partition coefficient (Wildman–Crippen LogP) is 5.12. The molecule has 0 saturated heterocycles. The Morgan fingerprint density at radius 2 is 1.83 bits per heavy atom. The smallest absolute Gasteiger partial charge is 0.289 e. The van der Waals surface area contributed by atoms with Gasteiger partial charge < -0.3 is 9.32 Å². The summed E-state index contributed by atoms with van der Waals surface area (Å²) in [5.41, 5.74) is 7.10. The van der Waals surface area contributed by atoms with Crippen molar-refractivity contribution >= 4 is 16.9 Å². The number of hydrogen-bond donors (Lipinski definition) is 0. The van der Waals surface area contributed by atoms with E-state index in [0.29, 0.717) is 12.3 Å². The highest BCUT2D eigenvalue weighted by Crippen LogP contribution is 2.24. The van der Waals surface area contributed by atoms with Crippen LogP contribution in [0.15, 0.2) is 52.9 Å². The zero-order valence-electron chi connectivity index (χ0n) is 17.5. The molecule has 0 bridgehead atoms. The van der Waals surface area contributed by atoms with Gasteiger partial charge >= 0.3 is 0 Å². The summed E-state index contributed by atoms with van der Waals surface area (Å²) in [6.07, 6.45) is 0. The van der Waals surface area contributed by atoms with Crippen molar-refractivity contribution in [3.63, 3.8) is 0 Å². The molecule has 0 aliphatic rings. The van der Waals surface area contributed by atoms with Crippen LogP contribution in [0.5, 0.6) is 0 Å². The van der Waals surface area contributed by atoms with Crippen molar-refractivity contribution in [3.05, 3.63) is 82.4 Å². The third-order valence-electron chi connectivity index (χ3n) is 5.41. The fourth-order valence-electron chi connectivity index (χ4n) is 3.70. The number of aryl methyl sites for hydroxylation is 3. The molecule has 2 aromatic heterocycles. The predicted molar refractivity (Wildman–Crippen MR) is 115 cm³/mol. The molecule has 2 heterocycles. The van der Waals surface area contributed by atoms with Gasteiger partial charge in [0.1, 0.15) is 5.58 Å². The summed E-state index contributed by atoms with van der Waals surface area (Å²) in [6, 6.07) is 15.9. The Bertz CT molecular complexity index is 1220. The van der Waals surface area contributed by atoms with Gasteiger partial charge in [0.05, 0.1) is 11.4 Å². The van der Waals surface area contributed by atoms with Crippen LogP contribution in [0.2, 0.25) is 0 Å². The van der Waals surface area contributed by atoms with Crippen LogP contribution in [0, 0.1) is 27.7 Å². The van der Waals surface area contributed by atoms with E-state index in [0.717, 1.165) is 44.7 Å². The monoisotopic (exact) mass is 387 g/mol. The Hall–Kier alpha value is -3.34. The lowest BCUT2D eigenvalue weighted by Gasteiger charge is -2.16. The van der Waals surface area contributed by atoms with E-state index in [9.17, 15) is 4.79 Å². The third-order valence-corrected chi connectivity index (χ3v) is 5.41. The van der Waals surface area contributed by atoms with E-state index in [4.69, 9.17) is 9.52 Å². The number of carbonyl (C=O) groups is 1. The lowest BCUT2D eigenvalue weighted by atomic mass is 10.1. The average Bonchev–Trinajstić information content (AvgIpc) is 3.23. The van der Waals surface area contributed by atoms with Crippen LogP contribution < -0.4 is 0 Å². The van der Waals surface area contributed by atoms with Crippen molar-refractivity contribution in [2.24, 2.45) is 0 Å². The highest BCUT2D eigenvalue weighted by Gasteiger charge is 2.21. The molecule has 0 aliphatic heterocycles. The Labute approximate surface area is 170 Å². The molecule has 5 nitrogen and oxygen atoms in total. The summed E-state index contributed by atoms with van der Waals surface area (Å²) in [5, 5.41) is 5.67. The summed E-state index contributed by atoms with van der Waals surface area (Å²) >= 11 is 0. The number of hydrogen-bond acceptors (Lipinski definition) is 3. The van der Waals surface area contributed by atoms with Gasteiger partial charge in [0.15, 0.2) is 5.76 Å². The van der Waals surface area contributed by atoms with Crippen LogP contribution in [0.3, 0.4) is 0 Å². The molecule has 4 rings (SSSR count). The first kappa shape index (κ1) is 19.0. The second kappa shape index (κ2) is 7.24. The molecular formula is C24H25N3O2. The standard InChI is InChI=1S/C24H25N3O2/c1-15-10-11-22-19(12-15)13-23(29-22)24(28)26(5)14-20-17(3)25-27(18(20)4)21-9-7-6-8-16(21)2/h6-13H,14H2,1-5H3. The maximum Gasteiger partial charge on any atom is 0.289 e. The van der Waals surface area contributed by atoms with Gasteiger partial charge in [-0.3, -0.25) is 4.79 Å². The molecular weight excluding hydrogens is 362 g/mol. The maximum absolute atomic E-state index is 13.0. The number of aromatic nitrogens is 2. The summed E-state index contributed by atoms with van der Waals surface area (Å²) in [7, 11) is 1.80. The number of carbonyl (C=O) groups excluding carboxylic acids is 1. The minimum Gasteiger partial charge on any atom is -0.451 e. The average molecular weight is 387 g/mol. The van der Waals surface area contributed by atoms with Crippen LogP contribution >= 0.6 is 0 Å². The number of furan rings is 1. The summed E-state index contributed by atoms with van der Waals surface area (Å²) in [6.45, 7) is 8.60. The molecule has 0 aliphatic carbocycles. The first-order chi connectivity index (χ1) is 13.8. The number of amides is 1. The molecule has 148 valence electrons. The third kappa shape index (κ3) is 3.44. The van der Waals surface area contributed by atoms with Gasteiger partial charge in [0.25, 0.3) is 5.91 Å². The molecule has 2 aromatic carbocycles. The molecule has 29 heavy (non-hydrogen) atoms. The lowest BCUT2D eigenvalue weighted by Crippen LogP contribution is -2.26. The van der Waals surface area contributed by atoms with Gasteiger partial charge in [-0.15, -0.1) is 0 Å². The zero-order chi connectivity index (χ0) is 20.7. The van der Waals surface area contributed by atoms with Crippen LogP contribution in [0.1, 0.15) is 38.6 Å². The molecule has 0 spiro atoms. The number of benzene rings is 2. The van der Waals surface area contributed by atoms with Gasteiger partial charge in [-0.05, 0) is 57.5 Å². The van der Waals surface area contributed by atoms with E-state index < -0.39 is 0 Å². The normalized spacial score (nSPS) is 11.2. The van der Waals surface area contributed by atoms with E-state index in [-0.39, 0.29) is 5.91 Å². The Morgan fingerprint density at radius 3 is 2.59 bits per heavy atom. The van der Waals surface area contributed by atoms with Gasteiger partial charge in [-0.25, -0.2) is 4.68 Å². The Balaban J connectivity index is 1.61. The molecule has 0 fully saturated rings. The van der Waals surface area contributed by atoms with Gasteiger partial charge in [-0.1, -0.05) is 29.8 Å². The summed E-state index contributed by atoms with van der Waals surface area (Å²) in [5.74, 6) is 0.219. The number of para-hydroxylation sites is 1. The SMILES string of the molecule is Cc1ccc2oc(C(=O)N(C)Cc3c(C)nn(-c4ccccc4C)c3C)cc2c1. The topological polar surface area (TPSA) is 51.3 Å². The number of nitrogens with zero attached hydrogens (tertiary/aromatic N) is 3. The van der Waals surface area contributed by atoms with Gasteiger partial charge in [0.2, 0.25) is 0 Å². The van der Waals surface area contributed by atoms with E-state index >= 15 is 0 Å². The molecule has 4 aromatic rings. The van der Waals surface area contributed by atoms with Gasteiger partial charge in [-0.2, -0.15) is 5.10 Å². The Morgan fingerprint density at radius 1 is 1.07 bits per heavy atom. The molecule has 0 unspecified atom stereocenters. The number of fused-ring (bicyclic) bond motifs is 1.